The van der Waals surface area contributed by atoms with Crippen LogP contribution in [0.3, 0.4) is 0 Å². The van der Waals surface area contributed by atoms with Crippen molar-refractivity contribution in [3.63, 3.8) is 0 Å². The molecule has 0 aliphatic heterocycles. The van der Waals surface area contributed by atoms with E-state index >= 15 is 0 Å². The van der Waals surface area contributed by atoms with Crippen LogP contribution in [0.4, 0.5) is 5.69 Å². The minimum atomic E-state index is -3.66. The average molecular weight is 445 g/mol. The monoisotopic (exact) mass is 444 g/mol. The van der Waals surface area contributed by atoms with Crippen LogP contribution in [0.5, 0.6) is 11.5 Å². The third-order valence-corrected chi connectivity index (χ3v) is 5.96. The van der Waals surface area contributed by atoms with Crippen LogP contribution in [0, 0.1) is 0 Å². The van der Waals surface area contributed by atoms with Crippen molar-refractivity contribution >= 4 is 44.8 Å². The molecule has 150 valence electrons. The third-order valence-electron chi connectivity index (χ3n) is 3.91. The lowest BCUT2D eigenvalue weighted by Crippen LogP contribution is -2.26. The molecule has 1 saturated carbocycles. The van der Waals surface area contributed by atoms with E-state index in [1.54, 1.807) is 12.1 Å². The van der Waals surface area contributed by atoms with Gasteiger partial charge in [-0.2, -0.15) is 0 Å². The minimum absolute atomic E-state index is 0.0253. The molecule has 0 saturated heterocycles. The fourth-order valence-corrected chi connectivity index (χ4v) is 4.16. The lowest BCUT2D eigenvalue weighted by Gasteiger charge is -2.13. The van der Waals surface area contributed by atoms with Gasteiger partial charge in [-0.3, -0.25) is 4.79 Å². The number of benzene rings is 2. The lowest BCUT2D eigenvalue weighted by molar-refractivity contribution is -0.118. The number of hydrogen-bond donors (Lipinski definition) is 2. The molecule has 28 heavy (non-hydrogen) atoms. The number of methoxy groups -OCH3 is 1. The van der Waals surface area contributed by atoms with Crippen LogP contribution in [-0.4, -0.2) is 34.1 Å². The van der Waals surface area contributed by atoms with E-state index in [-0.39, 0.29) is 28.3 Å². The maximum Gasteiger partial charge on any atom is 0.262 e. The first-order valence-corrected chi connectivity index (χ1v) is 10.6. The first kappa shape index (κ1) is 20.7. The second kappa shape index (κ2) is 8.57. The largest absolute Gasteiger partial charge is 0.495 e. The zero-order valence-corrected chi connectivity index (χ0v) is 17.2. The molecule has 3 rings (SSSR count). The second-order valence-corrected chi connectivity index (χ2v) is 8.73. The fraction of sp³-hybridized carbons (Fsp3) is 0.278. The second-order valence-electron chi connectivity index (χ2n) is 6.17. The van der Waals surface area contributed by atoms with Crippen molar-refractivity contribution in [3.05, 3.63) is 46.4 Å². The number of nitrogens with one attached hydrogen (secondary N) is 2. The van der Waals surface area contributed by atoms with Crippen LogP contribution in [0.25, 0.3) is 0 Å². The summed E-state index contributed by atoms with van der Waals surface area (Å²) in [5.74, 6) is 0.121. The van der Waals surface area contributed by atoms with E-state index in [4.69, 9.17) is 32.7 Å². The summed E-state index contributed by atoms with van der Waals surface area (Å²) < 4.78 is 37.9. The molecule has 10 heteroatoms. The van der Waals surface area contributed by atoms with E-state index < -0.39 is 15.9 Å². The average Bonchev–Trinajstić information content (AvgIpc) is 3.44. The van der Waals surface area contributed by atoms with Gasteiger partial charge in [0.05, 0.1) is 22.7 Å². The van der Waals surface area contributed by atoms with Crippen molar-refractivity contribution in [2.45, 2.75) is 23.8 Å². The highest BCUT2D eigenvalue weighted by Crippen LogP contribution is 2.30. The van der Waals surface area contributed by atoms with Crippen LogP contribution in [0.1, 0.15) is 12.8 Å². The molecule has 1 aliphatic carbocycles. The van der Waals surface area contributed by atoms with E-state index in [1.165, 1.54) is 31.4 Å². The Kier molecular flexibility index (Phi) is 6.34. The number of halogens is 2. The Morgan fingerprint density at radius 2 is 1.86 bits per heavy atom. The van der Waals surface area contributed by atoms with Crippen molar-refractivity contribution in [3.8, 4) is 11.5 Å². The van der Waals surface area contributed by atoms with Crippen LogP contribution >= 0.6 is 23.2 Å². The molecule has 0 spiro atoms. The number of ether oxygens (including phenoxy) is 2. The molecule has 0 bridgehead atoms. The van der Waals surface area contributed by atoms with E-state index in [0.717, 1.165) is 12.8 Å². The van der Waals surface area contributed by atoms with Gasteiger partial charge in [0.2, 0.25) is 10.0 Å². The molecule has 1 amide bonds. The number of rotatable bonds is 8. The quantitative estimate of drug-likeness (QED) is 0.649. The third kappa shape index (κ3) is 5.29. The molecule has 1 fully saturated rings. The Bertz CT molecular complexity index is 993. The standard InChI is InChI=1S/C18H18Cl2N2O5S/c1-26-17-7-5-13(28(24,25)22-12-3-4-12)9-15(17)21-18(23)10-27-16-6-2-11(19)8-14(16)20/h2,5-9,12,22H,3-4,10H2,1H3,(H,21,23). The van der Waals surface area contributed by atoms with Gasteiger partial charge in [-0.1, -0.05) is 23.2 Å². The molecule has 0 unspecified atom stereocenters. The number of carbonyl (C=O) groups is 1. The molecule has 7 nitrogen and oxygen atoms in total. The summed E-state index contributed by atoms with van der Waals surface area (Å²) in [6.07, 6.45) is 1.65. The van der Waals surface area contributed by atoms with Crippen molar-refractivity contribution in [2.24, 2.45) is 0 Å². The Morgan fingerprint density at radius 3 is 2.50 bits per heavy atom. The summed E-state index contributed by atoms with van der Waals surface area (Å²) in [4.78, 5) is 12.3. The van der Waals surface area contributed by atoms with Gasteiger partial charge in [-0.15, -0.1) is 0 Å². The van der Waals surface area contributed by atoms with Gasteiger partial charge in [-0.25, -0.2) is 13.1 Å². The Balaban J connectivity index is 1.71. The van der Waals surface area contributed by atoms with Crippen molar-refractivity contribution in [2.75, 3.05) is 19.0 Å². The van der Waals surface area contributed by atoms with Crippen LogP contribution in [0.2, 0.25) is 10.0 Å². The van der Waals surface area contributed by atoms with Crippen LogP contribution in [0.15, 0.2) is 41.3 Å². The summed E-state index contributed by atoms with van der Waals surface area (Å²) >= 11 is 11.8. The SMILES string of the molecule is COc1ccc(S(=O)(=O)NC2CC2)cc1NC(=O)COc1ccc(Cl)cc1Cl. The highest BCUT2D eigenvalue weighted by molar-refractivity contribution is 7.89. The summed E-state index contributed by atoms with van der Waals surface area (Å²) in [5.41, 5.74) is 0.219. The number of amides is 1. The Labute approximate surface area is 173 Å². The maximum atomic E-state index is 12.4. The zero-order valence-electron chi connectivity index (χ0n) is 14.9. The van der Waals surface area contributed by atoms with Crippen molar-refractivity contribution < 1.29 is 22.7 Å². The Morgan fingerprint density at radius 1 is 1.14 bits per heavy atom. The van der Waals surface area contributed by atoms with Gasteiger partial charge in [0.1, 0.15) is 11.5 Å². The summed E-state index contributed by atoms with van der Waals surface area (Å²) in [5, 5.41) is 3.32. The first-order chi connectivity index (χ1) is 13.3. The van der Waals surface area contributed by atoms with E-state index in [9.17, 15) is 13.2 Å². The van der Waals surface area contributed by atoms with E-state index in [1.807, 2.05) is 0 Å². The highest BCUT2D eigenvalue weighted by Gasteiger charge is 2.28. The molecule has 2 aromatic rings. The molecular formula is C18H18Cl2N2O5S. The number of hydrogen-bond acceptors (Lipinski definition) is 5. The summed E-state index contributed by atoms with van der Waals surface area (Å²) in [7, 11) is -2.24. The predicted octanol–water partition coefficient (Wildman–Crippen LogP) is 3.46. The van der Waals surface area contributed by atoms with Crippen molar-refractivity contribution in [1.82, 2.24) is 4.72 Å². The minimum Gasteiger partial charge on any atom is -0.495 e. The van der Waals surface area contributed by atoms with E-state index in [0.29, 0.717) is 16.5 Å². The van der Waals surface area contributed by atoms with Gasteiger partial charge < -0.3 is 14.8 Å². The number of carbonyl (C=O) groups excluding carboxylic acids is 1. The van der Waals surface area contributed by atoms with Gasteiger partial charge in [0, 0.05) is 11.1 Å². The summed E-state index contributed by atoms with van der Waals surface area (Å²) in [6, 6.07) is 8.86. The van der Waals surface area contributed by atoms with Gasteiger partial charge >= 0.3 is 0 Å². The van der Waals surface area contributed by atoms with Crippen molar-refractivity contribution in [1.29, 1.82) is 0 Å². The number of sulfonamides is 1. The Hall–Kier alpha value is -2.00. The highest BCUT2D eigenvalue weighted by atomic mass is 35.5. The molecule has 0 aromatic heterocycles. The molecule has 2 N–H and O–H groups in total. The lowest BCUT2D eigenvalue weighted by atomic mass is 10.3. The van der Waals surface area contributed by atoms with Crippen LogP contribution < -0.4 is 19.5 Å². The zero-order chi connectivity index (χ0) is 20.3. The molecule has 2 aromatic carbocycles. The number of anilines is 1. The first-order valence-electron chi connectivity index (χ1n) is 8.36. The van der Waals surface area contributed by atoms with Gasteiger partial charge in [0.15, 0.2) is 6.61 Å². The van der Waals surface area contributed by atoms with Gasteiger partial charge in [0.25, 0.3) is 5.91 Å². The molecule has 0 atom stereocenters. The molecular weight excluding hydrogens is 427 g/mol. The summed E-state index contributed by atoms with van der Waals surface area (Å²) in [6.45, 7) is -0.332. The molecule has 1 aliphatic rings. The van der Waals surface area contributed by atoms with Gasteiger partial charge in [-0.05, 0) is 49.2 Å². The topological polar surface area (TPSA) is 93.7 Å². The normalized spacial score (nSPS) is 13.8. The van der Waals surface area contributed by atoms with E-state index in [2.05, 4.69) is 10.0 Å². The molecule has 0 radical (unpaired) electrons. The maximum absolute atomic E-state index is 12.4. The fourth-order valence-electron chi connectivity index (χ4n) is 2.36. The smallest absolute Gasteiger partial charge is 0.262 e. The molecule has 0 heterocycles. The van der Waals surface area contributed by atoms with Crippen LogP contribution in [-0.2, 0) is 14.8 Å². The predicted molar refractivity (Wildman–Crippen MR) is 107 cm³/mol.